The van der Waals surface area contributed by atoms with Gasteiger partial charge in [-0.05, 0) is 19.4 Å². The van der Waals surface area contributed by atoms with Crippen LogP contribution in [0.5, 0.6) is 5.88 Å². The molecule has 0 spiro atoms. The van der Waals surface area contributed by atoms with Crippen LogP contribution < -0.4 is 10.1 Å². The lowest BCUT2D eigenvalue weighted by Crippen LogP contribution is -2.25. The highest BCUT2D eigenvalue weighted by atomic mass is 16.5. The fourth-order valence-corrected chi connectivity index (χ4v) is 2.01. The zero-order valence-electron chi connectivity index (χ0n) is 14.7. The van der Waals surface area contributed by atoms with Gasteiger partial charge in [-0.3, -0.25) is 4.79 Å². The SMILES string of the molecule is CCOC(=O)C(=O)Nc1cc(OCCOCc2ccccc2)nc(C)n1. The maximum atomic E-state index is 11.7. The highest BCUT2D eigenvalue weighted by molar-refractivity contribution is 6.37. The molecule has 1 aromatic carbocycles. The molecule has 1 amide bonds. The van der Waals surface area contributed by atoms with Crippen LogP contribution in [0.4, 0.5) is 5.82 Å². The molecule has 1 N–H and O–H groups in total. The van der Waals surface area contributed by atoms with Crippen molar-refractivity contribution in [3.05, 3.63) is 47.8 Å². The van der Waals surface area contributed by atoms with E-state index in [1.54, 1.807) is 13.8 Å². The van der Waals surface area contributed by atoms with Crippen molar-refractivity contribution in [1.29, 1.82) is 0 Å². The minimum absolute atomic E-state index is 0.117. The molecule has 0 radical (unpaired) electrons. The summed E-state index contributed by atoms with van der Waals surface area (Å²) in [6.45, 7) is 4.54. The summed E-state index contributed by atoms with van der Waals surface area (Å²) in [5.74, 6) is -1.04. The van der Waals surface area contributed by atoms with Crippen molar-refractivity contribution >= 4 is 17.7 Å². The molecule has 0 aliphatic carbocycles. The molecular formula is C18H21N3O5. The molecule has 0 fully saturated rings. The van der Waals surface area contributed by atoms with Crippen LogP contribution in [0.25, 0.3) is 0 Å². The standard InChI is InChI=1S/C18H21N3O5/c1-3-25-18(23)17(22)21-15-11-16(20-13(2)19-15)26-10-9-24-12-14-7-5-4-6-8-14/h4-8,11H,3,9-10,12H2,1-2H3,(H,19,20,21,22). The van der Waals surface area contributed by atoms with Gasteiger partial charge >= 0.3 is 11.9 Å². The van der Waals surface area contributed by atoms with Crippen LogP contribution in [0.15, 0.2) is 36.4 Å². The van der Waals surface area contributed by atoms with Gasteiger partial charge in [0.2, 0.25) is 5.88 Å². The number of benzene rings is 1. The van der Waals surface area contributed by atoms with Gasteiger partial charge in [-0.1, -0.05) is 30.3 Å². The summed E-state index contributed by atoms with van der Waals surface area (Å²) in [4.78, 5) is 31.2. The van der Waals surface area contributed by atoms with Crippen LogP contribution in [0, 0.1) is 6.92 Å². The van der Waals surface area contributed by atoms with E-state index >= 15 is 0 Å². The minimum atomic E-state index is -0.972. The Hall–Kier alpha value is -3.00. The maximum absolute atomic E-state index is 11.7. The summed E-state index contributed by atoms with van der Waals surface area (Å²) in [5, 5.41) is 2.35. The van der Waals surface area contributed by atoms with Crippen molar-refractivity contribution in [1.82, 2.24) is 9.97 Å². The first-order valence-corrected chi connectivity index (χ1v) is 8.16. The van der Waals surface area contributed by atoms with E-state index in [1.165, 1.54) is 6.07 Å². The number of nitrogens with one attached hydrogen (secondary N) is 1. The highest BCUT2D eigenvalue weighted by Gasteiger charge is 2.16. The zero-order chi connectivity index (χ0) is 18.8. The summed E-state index contributed by atoms with van der Waals surface area (Å²) in [5.41, 5.74) is 1.08. The van der Waals surface area contributed by atoms with Crippen molar-refractivity contribution < 1.29 is 23.8 Å². The van der Waals surface area contributed by atoms with E-state index in [4.69, 9.17) is 9.47 Å². The van der Waals surface area contributed by atoms with E-state index < -0.39 is 11.9 Å². The number of hydrogen-bond donors (Lipinski definition) is 1. The largest absolute Gasteiger partial charge is 0.475 e. The number of hydrogen-bond acceptors (Lipinski definition) is 7. The van der Waals surface area contributed by atoms with Crippen molar-refractivity contribution in [2.45, 2.75) is 20.5 Å². The van der Waals surface area contributed by atoms with Gasteiger partial charge in [0.1, 0.15) is 18.2 Å². The van der Waals surface area contributed by atoms with Gasteiger partial charge in [-0.15, -0.1) is 0 Å². The van der Waals surface area contributed by atoms with Gasteiger partial charge in [-0.2, -0.15) is 4.98 Å². The van der Waals surface area contributed by atoms with Crippen molar-refractivity contribution in [2.75, 3.05) is 25.1 Å². The molecule has 1 aromatic heterocycles. The molecule has 8 nitrogen and oxygen atoms in total. The number of aryl methyl sites for hydroxylation is 1. The van der Waals surface area contributed by atoms with Gasteiger partial charge < -0.3 is 19.5 Å². The second-order valence-electron chi connectivity index (χ2n) is 5.20. The molecule has 1 heterocycles. The number of carbonyl (C=O) groups is 2. The molecule has 2 rings (SSSR count). The molecule has 2 aromatic rings. The van der Waals surface area contributed by atoms with Gasteiger partial charge in [0.15, 0.2) is 0 Å². The molecule has 8 heteroatoms. The van der Waals surface area contributed by atoms with Crippen molar-refractivity contribution in [3.63, 3.8) is 0 Å². The normalized spacial score (nSPS) is 10.2. The maximum Gasteiger partial charge on any atom is 0.397 e. The average molecular weight is 359 g/mol. The topological polar surface area (TPSA) is 99.6 Å². The van der Waals surface area contributed by atoms with Crippen LogP contribution >= 0.6 is 0 Å². The lowest BCUT2D eigenvalue weighted by Gasteiger charge is -2.09. The molecule has 0 unspecified atom stereocenters. The molecule has 138 valence electrons. The van der Waals surface area contributed by atoms with Gasteiger partial charge in [0, 0.05) is 6.07 Å². The van der Waals surface area contributed by atoms with E-state index in [0.29, 0.717) is 19.0 Å². The second kappa shape index (κ2) is 10.1. The van der Waals surface area contributed by atoms with Gasteiger partial charge in [0.05, 0.1) is 19.8 Å². The number of amides is 1. The zero-order valence-corrected chi connectivity index (χ0v) is 14.7. The van der Waals surface area contributed by atoms with Crippen LogP contribution in [-0.4, -0.2) is 41.7 Å². The predicted octanol–water partition coefficient (Wildman–Crippen LogP) is 1.88. The minimum Gasteiger partial charge on any atom is -0.475 e. The molecule has 0 aliphatic rings. The predicted molar refractivity (Wildman–Crippen MR) is 93.6 cm³/mol. The number of carbonyl (C=O) groups excluding carboxylic acids is 2. The Morgan fingerprint density at radius 2 is 1.88 bits per heavy atom. The van der Waals surface area contributed by atoms with E-state index in [2.05, 4.69) is 20.0 Å². The van der Waals surface area contributed by atoms with E-state index in [9.17, 15) is 9.59 Å². The Balaban J connectivity index is 1.81. The monoisotopic (exact) mass is 359 g/mol. The molecule has 0 saturated heterocycles. The Kier molecular flexibility index (Phi) is 7.50. The van der Waals surface area contributed by atoms with Gasteiger partial charge in [-0.25, -0.2) is 9.78 Å². The van der Waals surface area contributed by atoms with E-state index in [0.717, 1.165) is 5.56 Å². The summed E-state index contributed by atoms with van der Waals surface area (Å²) < 4.78 is 15.7. The third-order valence-corrected chi connectivity index (χ3v) is 3.11. The smallest absolute Gasteiger partial charge is 0.397 e. The molecule has 0 saturated carbocycles. The first kappa shape index (κ1) is 19.3. The molecule has 26 heavy (non-hydrogen) atoms. The lowest BCUT2D eigenvalue weighted by molar-refractivity contribution is -0.152. The van der Waals surface area contributed by atoms with Crippen LogP contribution in [0.3, 0.4) is 0 Å². The Bertz CT molecular complexity index is 737. The number of esters is 1. The Labute approximate surface area is 151 Å². The van der Waals surface area contributed by atoms with Crippen molar-refractivity contribution in [3.8, 4) is 5.88 Å². The molecular weight excluding hydrogens is 338 g/mol. The highest BCUT2D eigenvalue weighted by Crippen LogP contribution is 2.13. The summed E-state index contributed by atoms with van der Waals surface area (Å²) in [6, 6.07) is 11.2. The third-order valence-electron chi connectivity index (χ3n) is 3.11. The quantitative estimate of drug-likeness (QED) is 0.436. The number of anilines is 1. The first-order chi connectivity index (χ1) is 12.6. The molecule has 0 bridgehead atoms. The first-order valence-electron chi connectivity index (χ1n) is 8.16. The Morgan fingerprint density at radius 1 is 1.12 bits per heavy atom. The van der Waals surface area contributed by atoms with Crippen LogP contribution in [0.2, 0.25) is 0 Å². The molecule has 0 aliphatic heterocycles. The fourth-order valence-electron chi connectivity index (χ4n) is 2.01. The number of nitrogens with zero attached hydrogens (tertiary/aromatic N) is 2. The van der Waals surface area contributed by atoms with Crippen molar-refractivity contribution in [2.24, 2.45) is 0 Å². The molecule has 0 atom stereocenters. The lowest BCUT2D eigenvalue weighted by atomic mass is 10.2. The Morgan fingerprint density at radius 3 is 2.62 bits per heavy atom. The number of rotatable bonds is 8. The summed E-state index contributed by atoms with van der Waals surface area (Å²) in [6.07, 6.45) is 0. The van der Waals surface area contributed by atoms with E-state index in [-0.39, 0.29) is 24.9 Å². The summed E-state index contributed by atoms with van der Waals surface area (Å²) in [7, 11) is 0. The number of ether oxygens (including phenoxy) is 3. The van der Waals surface area contributed by atoms with Crippen LogP contribution in [-0.2, 0) is 25.7 Å². The second-order valence-corrected chi connectivity index (χ2v) is 5.20. The third kappa shape index (κ3) is 6.48. The van der Waals surface area contributed by atoms with Crippen LogP contribution in [0.1, 0.15) is 18.3 Å². The summed E-state index contributed by atoms with van der Waals surface area (Å²) >= 11 is 0. The van der Waals surface area contributed by atoms with Gasteiger partial charge in [0.25, 0.3) is 0 Å². The fraction of sp³-hybridized carbons (Fsp3) is 0.333. The number of aromatic nitrogens is 2. The van der Waals surface area contributed by atoms with E-state index in [1.807, 2.05) is 30.3 Å². The average Bonchev–Trinajstić information content (AvgIpc) is 2.62.